The molecule has 0 bridgehead atoms. The van der Waals surface area contributed by atoms with E-state index in [4.69, 9.17) is 4.74 Å². The molecule has 4 nitrogen and oxygen atoms in total. The van der Waals surface area contributed by atoms with Gasteiger partial charge in [-0.25, -0.2) is 9.97 Å². The van der Waals surface area contributed by atoms with Crippen molar-refractivity contribution in [2.45, 2.75) is 32.3 Å². The van der Waals surface area contributed by atoms with Gasteiger partial charge < -0.3 is 9.64 Å². The van der Waals surface area contributed by atoms with Crippen LogP contribution in [0.15, 0.2) is 10.7 Å². The molecule has 0 N–H and O–H groups in total. The first-order chi connectivity index (χ1) is 8.19. The smallest absolute Gasteiger partial charge is 0.133 e. The minimum atomic E-state index is 0.346. The Labute approximate surface area is 111 Å². The van der Waals surface area contributed by atoms with Gasteiger partial charge in [0.25, 0.3) is 0 Å². The fourth-order valence-corrected chi connectivity index (χ4v) is 2.40. The highest BCUT2D eigenvalue weighted by Gasteiger charge is 2.18. The van der Waals surface area contributed by atoms with Gasteiger partial charge in [-0.1, -0.05) is 6.92 Å². The summed E-state index contributed by atoms with van der Waals surface area (Å²) in [5, 5.41) is 0. The first kappa shape index (κ1) is 12.8. The summed E-state index contributed by atoms with van der Waals surface area (Å²) in [6, 6.07) is 1.95. The molecule has 0 spiro atoms. The molecule has 1 saturated heterocycles. The Morgan fingerprint density at radius 2 is 2.35 bits per heavy atom. The van der Waals surface area contributed by atoms with Gasteiger partial charge in [-0.05, 0) is 28.8 Å². The molecule has 1 aromatic heterocycles. The van der Waals surface area contributed by atoms with Crippen molar-refractivity contribution in [2.24, 2.45) is 0 Å². The van der Waals surface area contributed by atoms with E-state index in [2.05, 4.69) is 44.8 Å². The second kappa shape index (κ2) is 5.78. The second-order valence-corrected chi connectivity index (χ2v) is 5.15. The van der Waals surface area contributed by atoms with Gasteiger partial charge in [0.2, 0.25) is 0 Å². The number of rotatable bonds is 4. The van der Waals surface area contributed by atoms with Crippen LogP contribution >= 0.6 is 15.9 Å². The van der Waals surface area contributed by atoms with Crippen molar-refractivity contribution in [3.63, 3.8) is 0 Å². The zero-order chi connectivity index (χ0) is 12.3. The number of likely N-dealkylation sites (N-methyl/N-ethyl adjacent to an activating group) is 1. The lowest BCUT2D eigenvalue weighted by Crippen LogP contribution is -2.29. The number of aryl methyl sites for hydroxylation is 1. The number of hydrogen-bond acceptors (Lipinski definition) is 4. The minimum absolute atomic E-state index is 0.346. The summed E-state index contributed by atoms with van der Waals surface area (Å²) in [5.41, 5.74) is 0. The lowest BCUT2D eigenvalue weighted by Gasteiger charge is -2.22. The van der Waals surface area contributed by atoms with Crippen molar-refractivity contribution in [3.8, 4) is 0 Å². The minimum Gasteiger partial charge on any atom is -0.376 e. The Kier molecular flexibility index (Phi) is 4.34. The van der Waals surface area contributed by atoms with Gasteiger partial charge in [-0.3, -0.25) is 0 Å². The third kappa shape index (κ3) is 3.39. The van der Waals surface area contributed by atoms with Crippen molar-refractivity contribution in [3.05, 3.63) is 16.5 Å². The third-order valence-corrected chi connectivity index (χ3v) is 3.34. The summed E-state index contributed by atoms with van der Waals surface area (Å²) in [5.74, 6) is 1.83. The summed E-state index contributed by atoms with van der Waals surface area (Å²) in [6.07, 6.45) is 3.52. The zero-order valence-corrected chi connectivity index (χ0v) is 11.9. The fraction of sp³-hybridized carbons (Fsp3) is 0.667. The first-order valence-electron chi connectivity index (χ1n) is 6.05. The van der Waals surface area contributed by atoms with Crippen LogP contribution in [0, 0.1) is 0 Å². The van der Waals surface area contributed by atoms with Gasteiger partial charge in [0.1, 0.15) is 16.2 Å². The molecule has 0 saturated carbocycles. The van der Waals surface area contributed by atoms with Crippen LogP contribution in [-0.2, 0) is 11.2 Å². The highest BCUT2D eigenvalue weighted by Crippen LogP contribution is 2.19. The number of nitrogens with zero attached hydrogens (tertiary/aromatic N) is 3. The molecule has 1 unspecified atom stereocenters. The van der Waals surface area contributed by atoms with Gasteiger partial charge in [-0.2, -0.15) is 0 Å². The predicted octanol–water partition coefficient (Wildman–Crippen LogP) is 2.42. The van der Waals surface area contributed by atoms with Crippen LogP contribution in [0.4, 0.5) is 5.82 Å². The van der Waals surface area contributed by atoms with E-state index in [1.54, 1.807) is 0 Å². The molecular weight excluding hydrogens is 282 g/mol. The maximum absolute atomic E-state index is 5.64. The van der Waals surface area contributed by atoms with Gasteiger partial charge in [-0.15, -0.1) is 0 Å². The quantitative estimate of drug-likeness (QED) is 0.800. The number of ether oxygens (including phenoxy) is 1. The van der Waals surface area contributed by atoms with Crippen LogP contribution in [0.1, 0.15) is 25.6 Å². The van der Waals surface area contributed by atoms with Crippen LogP contribution in [0.25, 0.3) is 0 Å². The Morgan fingerprint density at radius 1 is 1.53 bits per heavy atom. The number of anilines is 1. The number of hydrogen-bond donors (Lipinski definition) is 0. The van der Waals surface area contributed by atoms with Crippen molar-refractivity contribution in [1.82, 2.24) is 9.97 Å². The molecule has 2 heterocycles. The SMILES string of the molecule is CCc1nc(Br)cc(N(C)CC2CCCO2)n1. The summed E-state index contributed by atoms with van der Waals surface area (Å²) in [4.78, 5) is 11.0. The highest BCUT2D eigenvalue weighted by molar-refractivity contribution is 9.10. The third-order valence-electron chi connectivity index (χ3n) is 2.94. The first-order valence-corrected chi connectivity index (χ1v) is 6.84. The Balaban J connectivity index is 2.06. The van der Waals surface area contributed by atoms with Gasteiger partial charge in [0, 0.05) is 32.7 Å². The van der Waals surface area contributed by atoms with E-state index in [-0.39, 0.29) is 0 Å². The van der Waals surface area contributed by atoms with E-state index in [1.807, 2.05) is 6.07 Å². The van der Waals surface area contributed by atoms with Crippen LogP contribution in [0.5, 0.6) is 0 Å². The van der Waals surface area contributed by atoms with Gasteiger partial charge >= 0.3 is 0 Å². The highest BCUT2D eigenvalue weighted by atomic mass is 79.9. The Hall–Kier alpha value is -0.680. The molecule has 1 atom stereocenters. The molecule has 94 valence electrons. The lowest BCUT2D eigenvalue weighted by atomic mass is 10.2. The van der Waals surface area contributed by atoms with Crippen molar-refractivity contribution in [1.29, 1.82) is 0 Å². The molecule has 0 aliphatic carbocycles. The van der Waals surface area contributed by atoms with E-state index in [1.165, 1.54) is 6.42 Å². The van der Waals surface area contributed by atoms with Gasteiger partial charge in [0.15, 0.2) is 0 Å². The van der Waals surface area contributed by atoms with E-state index in [0.29, 0.717) is 6.10 Å². The van der Waals surface area contributed by atoms with Crippen molar-refractivity contribution in [2.75, 3.05) is 25.1 Å². The van der Waals surface area contributed by atoms with Crippen LogP contribution < -0.4 is 4.90 Å². The number of aromatic nitrogens is 2. The second-order valence-electron chi connectivity index (χ2n) is 4.33. The molecule has 1 fully saturated rings. The molecular formula is C12H18BrN3O. The molecule has 1 aliphatic rings. The van der Waals surface area contributed by atoms with Crippen molar-refractivity contribution < 1.29 is 4.74 Å². The molecule has 0 aromatic carbocycles. The standard InChI is InChI=1S/C12H18BrN3O/c1-3-11-14-10(13)7-12(15-11)16(2)8-9-5-4-6-17-9/h7,9H,3-6,8H2,1-2H3. The average molecular weight is 300 g/mol. The molecule has 2 rings (SSSR count). The predicted molar refractivity (Wildman–Crippen MR) is 71.4 cm³/mol. The maximum Gasteiger partial charge on any atom is 0.133 e. The maximum atomic E-state index is 5.64. The molecule has 1 aromatic rings. The Bertz CT molecular complexity index is 380. The van der Waals surface area contributed by atoms with Gasteiger partial charge in [0.05, 0.1) is 6.10 Å². The van der Waals surface area contributed by atoms with E-state index in [9.17, 15) is 0 Å². The summed E-state index contributed by atoms with van der Waals surface area (Å²) >= 11 is 3.43. The average Bonchev–Trinajstić information content (AvgIpc) is 2.81. The largest absolute Gasteiger partial charge is 0.376 e. The zero-order valence-electron chi connectivity index (χ0n) is 10.3. The fourth-order valence-electron chi connectivity index (χ4n) is 1.99. The number of halogens is 1. The van der Waals surface area contributed by atoms with E-state index in [0.717, 1.165) is 42.2 Å². The monoisotopic (exact) mass is 299 g/mol. The lowest BCUT2D eigenvalue weighted by molar-refractivity contribution is 0.116. The topological polar surface area (TPSA) is 38.2 Å². The Morgan fingerprint density at radius 3 is 3.00 bits per heavy atom. The molecule has 17 heavy (non-hydrogen) atoms. The summed E-state index contributed by atoms with van der Waals surface area (Å²) < 4.78 is 6.48. The van der Waals surface area contributed by atoms with Crippen molar-refractivity contribution >= 4 is 21.7 Å². The van der Waals surface area contributed by atoms with Crippen LogP contribution in [-0.4, -0.2) is 36.3 Å². The molecule has 0 amide bonds. The normalized spacial score (nSPS) is 19.6. The molecule has 0 radical (unpaired) electrons. The van der Waals surface area contributed by atoms with Crippen LogP contribution in [0.2, 0.25) is 0 Å². The van der Waals surface area contributed by atoms with Crippen LogP contribution in [0.3, 0.4) is 0 Å². The summed E-state index contributed by atoms with van der Waals surface area (Å²) in [7, 11) is 2.05. The molecule has 5 heteroatoms. The van der Waals surface area contributed by atoms with E-state index >= 15 is 0 Å². The van der Waals surface area contributed by atoms with E-state index < -0.39 is 0 Å². The summed E-state index contributed by atoms with van der Waals surface area (Å²) in [6.45, 7) is 3.85. The molecule has 1 aliphatic heterocycles.